The number of rotatable bonds is 4. The third kappa shape index (κ3) is 2.88. The van der Waals surface area contributed by atoms with Crippen molar-refractivity contribution in [1.82, 2.24) is 4.57 Å². The Morgan fingerprint density at radius 2 is 2.00 bits per heavy atom. The van der Waals surface area contributed by atoms with Gasteiger partial charge in [-0.15, -0.1) is 0 Å². The first-order valence-electron chi connectivity index (χ1n) is 6.83. The van der Waals surface area contributed by atoms with E-state index in [2.05, 4.69) is 4.57 Å². The molecule has 0 spiro atoms. The number of aromatic nitrogens is 1. The summed E-state index contributed by atoms with van der Waals surface area (Å²) in [5, 5.41) is 1.56. The lowest BCUT2D eigenvalue weighted by atomic mass is 10.2. The zero-order chi connectivity index (χ0) is 14.8. The molecule has 0 N–H and O–H groups in total. The van der Waals surface area contributed by atoms with Crippen molar-refractivity contribution in [1.29, 1.82) is 0 Å². The number of hydrogen-bond donors (Lipinski definition) is 0. The van der Waals surface area contributed by atoms with Crippen LogP contribution in [0.5, 0.6) is 5.75 Å². The molecule has 108 valence electrons. The molecule has 0 amide bonds. The predicted molar refractivity (Wildman–Crippen MR) is 83.6 cm³/mol. The molecule has 21 heavy (non-hydrogen) atoms. The zero-order valence-electron chi connectivity index (χ0n) is 11.6. The minimum atomic E-state index is -0.317. The first-order valence-corrected chi connectivity index (χ1v) is 7.21. The fraction of sp³-hybridized carbons (Fsp3) is 0.176. The minimum Gasteiger partial charge on any atom is -0.494 e. The molecule has 1 aromatic heterocycles. The molecule has 0 aliphatic carbocycles. The largest absolute Gasteiger partial charge is 0.494 e. The van der Waals surface area contributed by atoms with E-state index in [0.29, 0.717) is 18.2 Å². The topological polar surface area (TPSA) is 14.2 Å². The molecule has 3 aromatic rings. The van der Waals surface area contributed by atoms with Crippen LogP contribution in [0.1, 0.15) is 12.5 Å². The highest BCUT2D eigenvalue weighted by atomic mass is 35.5. The van der Waals surface area contributed by atoms with Crippen LogP contribution in [-0.2, 0) is 6.54 Å². The lowest BCUT2D eigenvalue weighted by Gasteiger charge is -2.08. The first kappa shape index (κ1) is 14.0. The highest BCUT2D eigenvalue weighted by molar-refractivity contribution is 6.31. The standard InChI is InChI=1S/C17H15ClFNO/c1-2-21-15-5-6-17-12(9-15)7-8-20(17)11-13-3-4-14(19)10-16(13)18/h3-10H,2,11H2,1H3. The van der Waals surface area contributed by atoms with Crippen LogP contribution in [0.15, 0.2) is 48.7 Å². The van der Waals surface area contributed by atoms with Crippen LogP contribution >= 0.6 is 11.6 Å². The Balaban J connectivity index is 1.94. The second kappa shape index (κ2) is 5.78. The van der Waals surface area contributed by atoms with Crippen molar-refractivity contribution in [2.45, 2.75) is 13.5 Å². The van der Waals surface area contributed by atoms with E-state index in [-0.39, 0.29) is 5.82 Å². The summed E-state index contributed by atoms with van der Waals surface area (Å²) in [5.41, 5.74) is 1.99. The van der Waals surface area contributed by atoms with E-state index in [1.807, 2.05) is 37.4 Å². The molecule has 0 bridgehead atoms. The Morgan fingerprint density at radius 1 is 1.14 bits per heavy atom. The predicted octanol–water partition coefficient (Wildman–Crippen LogP) is 4.88. The summed E-state index contributed by atoms with van der Waals surface area (Å²) >= 11 is 6.09. The van der Waals surface area contributed by atoms with Crippen molar-refractivity contribution in [3.63, 3.8) is 0 Å². The van der Waals surface area contributed by atoms with Gasteiger partial charge in [-0.25, -0.2) is 4.39 Å². The maximum Gasteiger partial charge on any atom is 0.124 e. The number of hydrogen-bond acceptors (Lipinski definition) is 1. The van der Waals surface area contributed by atoms with Crippen LogP contribution in [0.2, 0.25) is 5.02 Å². The molecule has 0 radical (unpaired) electrons. The smallest absolute Gasteiger partial charge is 0.124 e. The van der Waals surface area contributed by atoms with E-state index in [1.165, 1.54) is 12.1 Å². The molecule has 2 aromatic carbocycles. The van der Waals surface area contributed by atoms with Crippen LogP contribution in [0.25, 0.3) is 10.9 Å². The molecule has 0 saturated heterocycles. The van der Waals surface area contributed by atoms with Gasteiger partial charge in [0.2, 0.25) is 0 Å². The summed E-state index contributed by atoms with van der Waals surface area (Å²) in [4.78, 5) is 0. The summed E-state index contributed by atoms with van der Waals surface area (Å²) in [6.07, 6.45) is 2.00. The molecule has 0 saturated carbocycles. The number of benzene rings is 2. The van der Waals surface area contributed by atoms with Crippen molar-refractivity contribution in [3.05, 3.63) is 65.1 Å². The second-order valence-corrected chi connectivity index (χ2v) is 5.24. The van der Waals surface area contributed by atoms with Crippen LogP contribution < -0.4 is 4.74 Å². The average Bonchev–Trinajstić information content (AvgIpc) is 2.85. The molecule has 3 rings (SSSR count). The van der Waals surface area contributed by atoms with Crippen LogP contribution in [0.4, 0.5) is 4.39 Å². The average molecular weight is 304 g/mol. The molecule has 1 heterocycles. The van der Waals surface area contributed by atoms with Gasteiger partial charge in [-0.1, -0.05) is 17.7 Å². The second-order valence-electron chi connectivity index (χ2n) is 4.83. The Bertz CT molecular complexity index is 782. The molecule has 0 unspecified atom stereocenters. The molecule has 0 aliphatic heterocycles. The van der Waals surface area contributed by atoms with Gasteiger partial charge in [0.25, 0.3) is 0 Å². The number of halogens is 2. The van der Waals surface area contributed by atoms with E-state index >= 15 is 0 Å². The highest BCUT2D eigenvalue weighted by Crippen LogP contribution is 2.25. The maximum absolute atomic E-state index is 13.1. The molecular formula is C17H15ClFNO. The lowest BCUT2D eigenvalue weighted by molar-refractivity contribution is 0.340. The van der Waals surface area contributed by atoms with Crippen molar-refractivity contribution in [2.75, 3.05) is 6.61 Å². The Labute approximate surface area is 127 Å². The summed E-state index contributed by atoms with van der Waals surface area (Å²) in [6.45, 7) is 3.22. The Hall–Kier alpha value is -2.00. The molecular weight excluding hydrogens is 289 g/mol. The van der Waals surface area contributed by atoms with Gasteiger partial charge >= 0.3 is 0 Å². The van der Waals surface area contributed by atoms with E-state index < -0.39 is 0 Å². The van der Waals surface area contributed by atoms with Crippen molar-refractivity contribution in [2.24, 2.45) is 0 Å². The van der Waals surface area contributed by atoms with Gasteiger partial charge in [-0.3, -0.25) is 0 Å². The molecule has 4 heteroatoms. The van der Waals surface area contributed by atoms with Gasteiger partial charge in [0.1, 0.15) is 11.6 Å². The van der Waals surface area contributed by atoms with Crippen LogP contribution in [0.3, 0.4) is 0 Å². The monoisotopic (exact) mass is 303 g/mol. The van der Waals surface area contributed by atoms with Crippen LogP contribution in [0, 0.1) is 5.82 Å². The van der Waals surface area contributed by atoms with E-state index in [4.69, 9.17) is 16.3 Å². The van der Waals surface area contributed by atoms with E-state index in [9.17, 15) is 4.39 Å². The summed E-state index contributed by atoms with van der Waals surface area (Å²) in [5.74, 6) is 0.546. The lowest BCUT2D eigenvalue weighted by Crippen LogP contribution is -1.99. The summed E-state index contributed by atoms with van der Waals surface area (Å²) in [7, 11) is 0. The van der Waals surface area contributed by atoms with E-state index in [0.717, 1.165) is 22.2 Å². The third-order valence-electron chi connectivity index (χ3n) is 3.41. The van der Waals surface area contributed by atoms with Crippen molar-refractivity contribution >= 4 is 22.5 Å². The number of ether oxygens (including phenoxy) is 1. The van der Waals surface area contributed by atoms with Gasteiger partial charge in [0.15, 0.2) is 0 Å². The molecule has 2 nitrogen and oxygen atoms in total. The number of nitrogens with zero attached hydrogens (tertiary/aromatic N) is 1. The van der Waals surface area contributed by atoms with Gasteiger partial charge in [-0.2, -0.15) is 0 Å². The Morgan fingerprint density at radius 3 is 2.76 bits per heavy atom. The first-order chi connectivity index (χ1) is 10.2. The number of fused-ring (bicyclic) bond motifs is 1. The minimum absolute atomic E-state index is 0.317. The quantitative estimate of drug-likeness (QED) is 0.670. The SMILES string of the molecule is CCOc1ccc2c(ccn2Cc2ccc(F)cc2Cl)c1. The zero-order valence-corrected chi connectivity index (χ0v) is 12.4. The van der Waals surface area contributed by atoms with Crippen molar-refractivity contribution < 1.29 is 9.13 Å². The van der Waals surface area contributed by atoms with Crippen molar-refractivity contribution in [3.8, 4) is 5.75 Å². The van der Waals surface area contributed by atoms with E-state index in [1.54, 1.807) is 6.07 Å². The molecule has 0 fully saturated rings. The maximum atomic E-state index is 13.1. The van der Waals surface area contributed by atoms with Gasteiger partial charge in [-0.05, 0) is 48.9 Å². The Kier molecular flexibility index (Phi) is 3.84. The fourth-order valence-electron chi connectivity index (χ4n) is 2.41. The van der Waals surface area contributed by atoms with Gasteiger partial charge in [0.05, 0.1) is 6.61 Å². The summed E-state index contributed by atoms with van der Waals surface area (Å²) < 4.78 is 20.7. The highest BCUT2D eigenvalue weighted by Gasteiger charge is 2.06. The fourth-order valence-corrected chi connectivity index (χ4v) is 2.63. The third-order valence-corrected chi connectivity index (χ3v) is 3.76. The molecule has 0 atom stereocenters. The van der Waals surface area contributed by atoms with Gasteiger partial charge < -0.3 is 9.30 Å². The normalized spacial score (nSPS) is 11.0. The molecule has 0 aliphatic rings. The van der Waals surface area contributed by atoms with Gasteiger partial charge in [0, 0.05) is 28.7 Å². The summed E-state index contributed by atoms with van der Waals surface area (Å²) in [6, 6.07) is 12.5. The van der Waals surface area contributed by atoms with Crippen LogP contribution in [-0.4, -0.2) is 11.2 Å².